The van der Waals surface area contributed by atoms with Crippen LogP contribution in [0.15, 0.2) is 22.7 Å². The van der Waals surface area contributed by atoms with Crippen molar-refractivity contribution >= 4 is 21.6 Å². The average Bonchev–Trinajstić information content (AvgIpc) is 2.36. The molecule has 3 nitrogen and oxygen atoms in total. The fourth-order valence-corrected chi connectivity index (χ4v) is 3.56. The zero-order valence-corrected chi connectivity index (χ0v) is 15.3. The smallest absolute Gasteiger partial charge is 0.0805 e. The van der Waals surface area contributed by atoms with E-state index in [2.05, 4.69) is 79.0 Å². The Labute approximate surface area is 137 Å². The predicted octanol–water partition coefficient (Wildman–Crippen LogP) is 4.12. The highest BCUT2D eigenvalue weighted by Crippen LogP contribution is 2.33. The van der Waals surface area contributed by atoms with Crippen molar-refractivity contribution in [2.24, 2.45) is 0 Å². The van der Waals surface area contributed by atoms with Crippen LogP contribution in [0.3, 0.4) is 0 Å². The van der Waals surface area contributed by atoms with Crippen molar-refractivity contribution in [3.05, 3.63) is 28.2 Å². The summed E-state index contributed by atoms with van der Waals surface area (Å²) in [5.74, 6) is 0. The molecule has 1 aliphatic rings. The number of benzene rings is 1. The van der Waals surface area contributed by atoms with E-state index in [4.69, 9.17) is 4.74 Å². The van der Waals surface area contributed by atoms with Gasteiger partial charge in [0.05, 0.1) is 11.7 Å². The third kappa shape index (κ3) is 4.21. The van der Waals surface area contributed by atoms with E-state index in [1.54, 1.807) is 0 Å². The van der Waals surface area contributed by atoms with Gasteiger partial charge in [-0.05, 0) is 51.9 Å². The third-order valence-corrected chi connectivity index (χ3v) is 4.37. The second-order valence-corrected chi connectivity index (χ2v) is 7.47. The molecule has 0 aromatic heterocycles. The summed E-state index contributed by atoms with van der Waals surface area (Å²) in [5, 5.41) is 3.52. The van der Waals surface area contributed by atoms with Crippen LogP contribution in [0.1, 0.15) is 46.2 Å². The van der Waals surface area contributed by atoms with E-state index in [1.165, 1.54) is 11.3 Å². The maximum absolute atomic E-state index is 6.03. The maximum atomic E-state index is 6.03. The number of nitrogens with zero attached hydrogens (tertiary/aromatic N) is 1. The van der Waals surface area contributed by atoms with E-state index in [0.717, 1.165) is 24.1 Å². The minimum atomic E-state index is -0.112. The number of rotatable bonds is 4. The molecule has 118 valence electrons. The number of morpholine rings is 1. The predicted molar refractivity (Wildman–Crippen MR) is 93.1 cm³/mol. The van der Waals surface area contributed by atoms with E-state index in [1.807, 2.05) is 0 Å². The number of hydrogen-bond acceptors (Lipinski definition) is 3. The Hall–Kier alpha value is -0.580. The van der Waals surface area contributed by atoms with Gasteiger partial charge in [0.25, 0.3) is 0 Å². The molecule has 0 bridgehead atoms. The summed E-state index contributed by atoms with van der Waals surface area (Å²) >= 11 is 3.62. The van der Waals surface area contributed by atoms with Crippen LogP contribution in [0.25, 0.3) is 0 Å². The second-order valence-electron chi connectivity index (χ2n) is 6.55. The number of hydrogen-bond donors (Lipinski definition) is 1. The summed E-state index contributed by atoms with van der Waals surface area (Å²) < 4.78 is 7.16. The van der Waals surface area contributed by atoms with Crippen molar-refractivity contribution in [1.29, 1.82) is 0 Å². The highest BCUT2D eigenvalue weighted by molar-refractivity contribution is 9.10. The first kappa shape index (κ1) is 16.8. The molecule has 1 saturated heterocycles. The molecule has 1 aromatic carbocycles. The van der Waals surface area contributed by atoms with Crippen LogP contribution in [0.2, 0.25) is 0 Å². The molecular weight excluding hydrogens is 328 g/mol. The molecule has 0 spiro atoms. The standard InChI is InChI=1S/C17H27BrN2O/c1-6-19-13(3)15-8-7-14(18)9-16(15)20-10-12(2)21-17(4,5)11-20/h7-9,12-13,19H,6,10-11H2,1-5H3. The average molecular weight is 355 g/mol. The summed E-state index contributed by atoms with van der Waals surface area (Å²) in [6.45, 7) is 13.7. The first-order valence-corrected chi connectivity index (χ1v) is 8.57. The second kappa shape index (κ2) is 6.67. The lowest BCUT2D eigenvalue weighted by molar-refractivity contribution is -0.0750. The summed E-state index contributed by atoms with van der Waals surface area (Å²) in [5.41, 5.74) is 2.55. The number of ether oxygens (including phenoxy) is 1. The molecule has 1 N–H and O–H groups in total. The third-order valence-electron chi connectivity index (χ3n) is 3.88. The Morgan fingerprint density at radius 2 is 2.19 bits per heavy atom. The summed E-state index contributed by atoms with van der Waals surface area (Å²) in [6, 6.07) is 6.93. The Bertz CT molecular complexity index is 490. The molecule has 4 heteroatoms. The van der Waals surface area contributed by atoms with E-state index in [-0.39, 0.29) is 11.7 Å². The monoisotopic (exact) mass is 354 g/mol. The topological polar surface area (TPSA) is 24.5 Å². The van der Waals surface area contributed by atoms with Gasteiger partial charge in [-0.1, -0.05) is 28.9 Å². The molecule has 1 aromatic rings. The Morgan fingerprint density at radius 3 is 2.81 bits per heavy atom. The van der Waals surface area contributed by atoms with Crippen LogP contribution >= 0.6 is 15.9 Å². The van der Waals surface area contributed by atoms with E-state index < -0.39 is 0 Å². The normalized spacial score (nSPS) is 23.1. The molecule has 21 heavy (non-hydrogen) atoms. The van der Waals surface area contributed by atoms with Gasteiger partial charge in [0, 0.05) is 29.3 Å². The van der Waals surface area contributed by atoms with E-state index >= 15 is 0 Å². The minimum absolute atomic E-state index is 0.112. The molecule has 2 atom stereocenters. The van der Waals surface area contributed by atoms with Crippen LogP contribution in [0.4, 0.5) is 5.69 Å². The molecule has 1 heterocycles. The minimum Gasteiger partial charge on any atom is -0.369 e. The van der Waals surface area contributed by atoms with Crippen molar-refractivity contribution in [3.8, 4) is 0 Å². The van der Waals surface area contributed by atoms with Gasteiger partial charge in [-0.15, -0.1) is 0 Å². The quantitative estimate of drug-likeness (QED) is 0.879. The molecule has 2 rings (SSSR count). The lowest BCUT2D eigenvalue weighted by Crippen LogP contribution is -2.52. The first-order chi connectivity index (χ1) is 9.82. The zero-order chi connectivity index (χ0) is 15.6. The van der Waals surface area contributed by atoms with Gasteiger partial charge in [-0.25, -0.2) is 0 Å². The number of anilines is 1. The van der Waals surface area contributed by atoms with Crippen molar-refractivity contribution in [1.82, 2.24) is 5.32 Å². The van der Waals surface area contributed by atoms with E-state index in [9.17, 15) is 0 Å². The van der Waals surface area contributed by atoms with Gasteiger partial charge in [-0.2, -0.15) is 0 Å². The van der Waals surface area contributed by atoms with Crippen LogP contribution in [0.5, 0.6) is 0 Å². The molecule has 0 amide bonds. The molecule has 0 radical (unpaired) electrons. The fraction of sp³-hybridized carbons (Fsp3) is 0.647. The molecule has 0 aliphatic carbocycles. The van der Waals surface area contributed by atoms with Gasteiger partial charge < -0.3 is 15.0 Å². The number of halogens is 1. The zero-order valence-electron chi connectivity index (χ0n) is 13.7. The Morgan fingerprint density at radius 1 is 1.48 bits per heavy atom. The summed E-state index contributed by atoms with van der Waals surface area (Å²) in [6.07, 6.45) is 0.245. The highest BCUT2D eigenvalue weighted by atomic mass is 79.9. The van der Waals surface area contributed by atoms with Crippen LogP contribution in [0, 0.1) is 0 Å². The largest absolute Gasteiger partial charge is 0.369 e. The van der Waals surface area contributed by atoms with Crippen molar-refractivity contribution in [2.75, 3.05) is 24.5 Å². The van der Waals surface area contributed by atoms with E-state index in [0.29, 0.717) is 6.04 Å². The van der Waals surface area contributed by atoms with Crippen LogP contribution in [-0.4, -0.2) is 31.3 Å². The van der Waals surface area contributed by atoms with Gasteiger partial charge in [0.1, 0.15) is 0 Å². The van der Waals surface area contributed by atoms with Gasteiger partial charge in [0.15, 0.2) is 0 Å². The Balaban J connectivity index is 2.35. The van der Waals surface area contributed by atoms with Crippen molar-refractivity contribution in [3.63, 3.8) is 0 Å². The first-order valence-electron chi connectivity index (χ1n) is 7.78. The van der Waals surface area contributed by atoms with Crippen molar-refractivity contribution in [2.45, 2.75) is 52.4 Å². The molecular formula is C17H27BrN2O. The Kier molecular flexibility index (Phi) is 5.33. The fourth-order valence-electron chi connectivity index (χ4n) is 3.21. The van der Waals surface area contributed by atoms with Gasteiger partial charge >= 0.3 is 0 Å². The van der Waals surface area contributed by atoms with Gasteiger partial charge in [-0.3, -0.25) is 0 Å². The number of nitrogens with one attached hydrogen (secondary N) is 1. The van der Waals surface area contributed by atoms with Gasteiger partial charge in [0.2, 0.25) is 0 Å². The summed E-state index contributed by atoms with van der Waals surface area (Å²) in [4.78, 5) is 2.46. The molecule has 0 saturated carbocycles. The lowest BCUT2D eigenvalue weighted by Gasteiger charge is -2.44. The molecule has 1 fully saturated rings. The lowest BCUT2D eigenvalue weighted by atomic mass is 10.0. The SMILES string of the molecule is CCNC(C)c1ccc(Br)cc1N1CC(C)OC(C)(C)C1. The van der Waals surface area contributed by atoms with Crippen LogP contribution in [-0.2, 0) is 4.74 Å². The van der Waals surface area contributed by atoms with Crippen molar-refractivity contribution < 1.29 is 4.74 Å². The molecule has 1 aliphatic heterocycles. The summed E-state index contributed by atoms with van der Waals surface area (Å²) in [7, 11) is 0. The maximum Gasteiger partial charge on any atom is 0.0805 e. The molecule has 2 unspecified atom stereocenters. The highest BCUT2D eigenvalue weighted by Gasteiger charge is 2.32. The van der Waals surface area contributed by atoms with Crippen LogP contribution < -0.4 is 10.2 Å².